The summed E-state index contributed by atoms with van der Waals surface area (Å²) in [5.74, 6) is -0.415. The minimum absolute atomic E-state index is 0.0291. The Labute approximate surface area is 144 Å². The van der Waals surface area contributed by atoms with Gasteiger partial charge < -0.3 is 10.2 Å². The van der Waals surface area contributed by atoms with E-state index in [0.29, 0.717) is 5.69 Å². The minimum atomic E-state index is -0.233. The van der Waals surface area contributed by atoms with Crippen LogP contribution in [0.3, 0.4) is 0 Å². The van der Waals surface area contributed by atoms with Crippen molar-refractivity contribution in [3.63, 3.8) is 0 Å². The highest BCUT2D eigenvalue weighted by atomic mass is 79.9. The van der Waals surface area contributed by atoms with Crippen LogP contribution in [-0.2, 0) is 9.59 Å². The number of nitrogens with zero attached hydrogens (tertiary/aromatic N) is 1. The molecule has 2 aromatic carbocycles. The number of carbonyl (C=O) groups is 2. The Hall–Kier alpha value is -2.14. The summed E-state index contributed by atoms with van der Waals surface area (Å²) in [4.78, 5) is 25.6. The van der Waals surface area contributed by atoms with Crippen LogP contribution >= 0.6 is 15.9 Å². The lowest BCUT2D eigenvalue weighted by molar-refractivity contribution is -0.120. The first-order chi connectivity index (χ1) is 10.9. The van der Waals surface area contributed by atoms with Gasteiger partial charge >= 0.3 is 0 Å². The van der Waals surface area contributed by atoms with Crippen LogP contribution in [0.5, 0.6) is 0 Å². The summed E-state index contributed by atoms with van der Waals surface area (Å²) in [6.45, 7) is 5.43. The van der Waals surface area contributed by atoms with Crippen molar-refractivity contribution in [1.82, 2.24) is 0 Å². The summed E-state index contributed by atoms with van der Waals surface area (Å²) in [5, 5.41) is 2.84. The van der Waals surface area contributed by atoms with Gasteiger partial charge in [0.2, 0.25) is 11.8 Å². The number of halogens is 1. The van der Waals surface area contributed by atoms with Crippen molar-refractivity contribution in [3.8, 4) is 0 Å². The third-order valence-electron chi connectivity index (χ3n) is 3.59. The van der Waals surface area contributed by atoms with E-state index >= 15 is 0 Å². The number of rotatable bonds is 4. The molecule has 120 valence electrons. The number of hydrogen-bond donors (Lipinski definition) is 1. The largest absolute Gasteiger partial charge is 0.325 e. The standard InChI is InChI=1S/C18H19BrN2O2/c1-12-7-8-16(9-13(12)2)20-18(23)11-21(14(3)22)17-6-4-5-15(19)10-17/h4-10H,11H2,1-3H3,(H,20,23). The summed E-state index contributed by atoms with van der Waals surface area (Å²) in [5.41, 5.74) is 3.69. The predicted octanol–water partition coefficient (Wildman–Crippen LogP) is 4.06. The molecule has 0 aliphatic heterocycles. The van der Waals surface area contributed by atoms with E-state index in [2.05, 4.69) is 21.2 Å². The van der Waals surface area contributed by atoms with Crippen LogP contribution in [0.15, 0.2) is 46.9 Å². The maximum Gasteiger partial charge on any atom is 0.244 e. The van der Waals surface area contributed by atoms with Crippen molar-refractivity contribution < 1.29 is 9.59 Å². The molecule has 4 nitrogen and oxygen atoms in total. The van der Waals surface area contributed by atoms with Gasteiger partial charge in [0.1, 0.15) is 6.54 Å². The average molecular weight is 375 g/mol. The van der Waals surface area contributed by atoms with Crippen LogP contribution in [0.2, 0.25) is 0 Å². The molecule has 0 atom stereocenters. The van der Waals surface area contributed by atoms with Gasteiger partial charge in [-0.25, -0.2) is 0 Å². The summed E-state index contributed by atoms with van der Waals surface area (Å²) in [7, 11) is 0. The lowest BCUT2D eigenvalue weighted by Crippen LogP contribution is -2.36. The Kier molecular flexibility index (Phi) is 5.55. The first-order valence-corrected chi connectivity index (χ1v) is 8.07. The van der Waals surface area contributed by atoms with Crippen molar-refractivity contribution in [2.75, 3.05) is 16.8 Å². The van der Waals surface area contributed by atoms with Crippen molar-refractivity contribution in [3.05, 3.63) is 58.1 Å². The smallest absolute Gasteiger partial charge is 0.244 e. The zero-order valence-electron chi connectivity index (χ0n) is 13.4. The molecule has 0 saturated heterocycles. The van der Waals surface area contributed by atoms with Gasteiger partial charge in [-0.15, -0.1) is 0 Å². The molecule has 0 aromatic heterocycles. The van der Waals surface area contributed by atoms with Crippen molar-refractivity contribution >= 4 is 39.1 Å². The third kappa shape index (κ3) is 4.66. The summed E-state index contributed by atoms with van der Waals surface area (Å²) in [6, 6.07) is 13.1. The predicted molar refractivity (Wildman–Crippen MR) is 96.7 cm³/mol. The van der Waals surface area contributed by atoms with Gasteiger partial charge in [-0.05, 0) is 55.3 Å². The summed E-state index contributed by atoms with van der Waals surface area (Å²) < 4.78 is 0.857. The Morgan fingerprint density at radius 1 is 1.09 bits per heavy atom. The van der Waals surface area contributed by atoms with Gasteiger partial charge in [0, 0.05) is 22.8 Å². The maximum atomic E-state index is 12.3. The van der Waals surface area contributed by atoms with E-state index in [1.54, 1.807) is 6.07 Å². The second-order valence-electron chi connectivity index (χ2n) is 5.43. The highest BCUT2D eigenvalue weighted by Gasteiger charge is 2.16. The summed E-state index contributed by atoms with van der Waals surface area (Å²) in [6.07, 6.45) is 0. The molecule has 0 unspecified atom stereocenters. The van der Waals surface area contributed by atoms with E-state index in [1.807, 2.05) is 50.2 Å². The zero-order chi connectivity index (χ0) is 17.0. The molecular weight excluding hydrogens is 356 g/mol. The maximum absolute atomic E-state index is 12.3. The van der Waals surface area contributed by atoms with Gasteiger partial charge in [-0.3, -0.25) is 9.59 Å². The highest BCUT2D eigenvalue weighted by Crippen LogP contribution is 2.20. The Bertz CT molecular complexity index is 744. The van der Waals surface area contributed by atoms with E-state index < -0.39 is 0 Å². The molecule has 0 aliphatic rings. The first-order valence-electron chi connectivity index (χ1n) is 7.27. The Morgan fingerprint density at radius 2 is 1.83 bits per heavy atom. The molecular formula is C18H19BrN2O2. The van der Waals surface area contributed by atoms with E-state index in [4.69, 9.17) is 0 Å². The number of benzene rings is 2. The molecule has 0 radical (unpaired) electrons. The van der Waals surface area contributed by atoms with Crippen LogP contribution in [0.25, 0.3) is 0 Å². The van der Waals surface area contributed by atoms with E-state index in [9.17, 15) is 9.59 Å². The van der Waals surface area contributed by atoms with Crippen LogP contribution in [0.1, 0.15) is 18.1 Å². The zero-order valence-corrected chi connectivity index (χ0v) is 15.0. The second-order valence-corrected chi connectivity index (χ2v) is 6.35. The van der Waals surface area contributed by atoms with E-state index in [1.165, 1.54) is 17.4 Å². The molecule has 2 rings (SSSR count). The number of amides is 2. The number of hydrogen-bond acceptors (Lipinski definition) is 2. The quantitative estimate of drug-likeness (QED) is 0.876. The van der Waals surface area contributed by atoms with Gasteiger partial charge in [-0.1, -0.05) is 28.1 Å². The van der Waals surface area contributed by atoms with Crippen LogP contribution in [-0.4, -0.2) is 18.4 Å². The molecule has 0 bridgehead atoms. The Balaban J connectivity index is 2.12. The monoisotopic (exact) mass is 374 g/mol. The molecule has 0 aliphatic carbocycles. The van der Waals surface area contributed by atoms with Crippen LogP contribution in [0, 0.1) is 13.8 Å². The number of nitrogens with one attached hydrogen (secondary N) is 1. The molecule has 0 heterocycles. The van der Waals surface area contributed by atoms with E-state index in [0.717, 1.165) is 15.7 Å². The molecule has 2 amide bonds. The van der Waals surface area contributed by atoms with Crippen molar-refractivity contribution in [2.24, 2.45) is 0 Å². The molecule has 1 N–H and O–H groups in total. The molecule has 23 heavy (non-hydrogen) atoms. The summed E-state index contributed by atoms with van der Waals surface area (Å²) >= 11 is 3.38. The number of carbonyl (C=O) groups excluding carboxylic acids is 2. The second kappa shape index (κ2) is 7.42. The van der Waals surface area contributed by atoms with Gasteiger partial charge in [0.25, 0.3) is 0 Å². The minimum Gasteiger partial charge on any atom is -0.325 e. The third-order valence-corrected chi connectivity index (χ3v) is 4.09. The van der Waals surface area contributed by atoms with Crippen molar-refractivity contribution in [2.45, 2.75) is 20.8 Å². The van der Waals surface area contributed by atoms with Crippen molar-refractivity contribution in [1.29, 1.82) is 0 Å². The molecule has 0 saturated carbocycles. The highest BCUT2D eigenvalue weighted by molar-refractivity contribution is 9.10. The lowest BCUT2D eigenvalue weighted by Gasteiger charge is -2.21. The molecule has 2 aromatic rings. The van der Waals surface area contributed by atoms with Gasteiger partial charge in [-0.2, -0.15) is 0 Å². The normalized spacial score (nSPS) is 10.3. The first kappa shape index (κ1) is 17.2. The fraction of sp³-hybridized carbons (Fsp3) is 0.222. The fourth-order valence-electron chi connectivity index (χ4n) is 2.19. The number of anilines is 2. The van der Waals surface area contributed by atoms with Crippen LogP contribution < -0.4 is 10.2 Å². The molecule has 5 heteroatoms. The average Bonchev–Trinajstić information content (AvgIpc) is 2.48. The van der Waals surface area contributed by atoms with Gasteiger partial charge in [0.05, 0.1) is 0 Å². The molecule has 0 fully saturated rings. The number of aryl methyl sites for hydroxylation is 2. The Morgan fingerprint density at radius 3 is 2.43 bits per heavy atom. The van der Waals surface area contributed by atoms with Gasteiger partial charge in [0.15, 0.2) is 0 Å². The fourth-order valence-corrected chi connectivity index (χ4v) is 2.58. The topological polar surface area (TPSA) is 49.4 Å². The lowest BCUT2D eigenvalue weighted by atomic mass is 10.1. The van der Waals surface area contributed by atoms with Crippen LogP contribution in [0.4, 0.5) is 11.4 Å². The molecule has 0 spiro atoms. The SMILES string of the molecule is CC(=O)N(CC(=O)Nc1ccc(C)c(C)c1)c1cccc(Br)c1. The van der Waals surface area contributed by atoms with E-state index in [-0.39, 0.29) is 18.4 Å².